The monoisotopic (exact) mass is 246 g/mol. The van der Waals surface area contributed by atoms with Crippen molar-refractivity contribution in [2.45, 2.75) is 26.4 Å². The summed E-state index contributed by atoms with van der Waals surface area (Å²) in [6.07, 6.45) is 1.51. The van der Waals surface area contributed by atoms with Crippen LogP contribution in [0.3, 0.4) is 0 Å². The van der Waals surface area contributed by atoms with Crippen LogP contribution in [0.2, 0.25) is 0 Å². The first-order valence-corrected chi connectivity index (χ1v) is 6.38. The smallest absolute Gasteiger partial charge is 0.394 e. The second-order valence-corrected chi connectivity index (χ2v) is 5.51. The summed E-state index contributed by atoms with van der Waals surface area (Å²) in [5.74, 6) is 0. The van der Waals surface area contributed by atoms with Gasteiger partial charge in [0, 0.05) is 12.0 Å². The molecule has 4 nitrogen and oxygen atoms in total. The summed E-state index contributed by atoms with van der Waals surface area (Å²) in [4.78, 5) is 4.36. The third-order valence-electron chi connectivity index (χ3n) is 3.55. The van der Waals surface area contributed by atoms with E-state index in [9.17, 15) is 0 Å². The van der Waals surface area contributed by atoms with E-state index in [1.54, 1.807) is 0 Å². The van der Waals surface area contributed by atoms with Crippen molar-refractivity contribution < 1.29 is 9.15 Å². The van der Waals surface area contributed by atoms with E-state index in [2.05, 4.69) is 24.1 Å². The Morgan fingerprint density at radius 2 is 2.22 bits per heavy atom. The van der Waals surface area contributed by atoms with Crippen molar-refractivity contribution in [3.63, 3.8) is 0 Å². The highest BCUT2D eigenvalue weighted by molar-refractivity contribution is 5.72. The molecule has 0 saturated carbocycles. The summed E-state index contributed by atoms with van der Waals surface area (Å²) in [7, 11) is 0. The molecule has 3 rings (SSSR count). The normalized spacial score (nSPS) is 23.1. The fourth-order valence-corrected chi connectivity index (χ4v) is 2.39. The van der Waals surface area contributed by atoms with Crippen LogP contribution < -0.4 is 10.1 Å². The second-order valence-electron chi connectivity index (χ2n) is 5.51. The largest absolute Gasteiger partial charge is 0.446 e. The molecule has 18 heavy (non-hydrogen) atoms. The fraction of sp³-hybridized carbons (Fsp3) is 0.500. The molecule has 4 heteroatoms. The Labute approximate surface area is 106 Å². The molecule has 0 amide bonds. The average molecular weight is 246 g/mol. The highest BCUT2D eigenvalue weighted by atomic mass is 16.6. The maximum atomic E-state index is 5.94. The number of rotatable bonds is 2. The molecule has 1 fully saturated rings. The van der Waals surface area contributed by atoms with E-state index in [1.807, 2.05) is 24.3 Å². The summed E-state index contributed by atoms with van der Waals surface area (Å²) in [5, 5.41) is 3.39. The molecule has 0 aliphatic carbocycles. The Hall–Kier alpha value is -1.55. The number of fused-ring (bicyclic) bond motifs is 1. The number of benzene rings is 1. The van der Waals surface area contributed by atoms with Gasteiger partial charge >= 0.3 is 6.08 Å². The molecular formula is C14H18N2O2. The number of aromatic nitrogens is 1. The van der Waals surface area contributed by atoms with Crippen molar-refractivity contribution in [3.05, 3.63) is 24.3 Å². The number of hydrogen-bond donors (Lipinski definition) is 1. The molecule has 1 aromatic carbocycles. The number of ether oxygens (including phenoxy) is 1. The number of oxazole rings is 1. The predicted molar refractivity (Wildman–Crippen MR) is 69.7 cm³/mol. The van der Waals surface area contributed by atoms with Gasteiger partial charge < -0.3 is 14.5 Å². The van der Waals surface area contributed by atoms with E-state index in [1.165, 1.54) is 0 Å². The van der Waals surface area contributed by atoms with E-state index >= 15 is 0 Å². The molecule has 0 bridgehead atoms. The molecule has 0 spiro atoms. The van der Waals surface area contributed by atoms with Gasteiger partial charge in [-0.1, -0.05) is 26.0 Å². The quantitative estimate of drug-likeness (QED) is 0.884. The molecule has 1 N–H and O–H groups in total. The van der Waals surface area contributed by atoms with Crippen LogP contribution in [0.5, 0.6) is 6.08 Å². The van der Waals surface area contributed by atoms with Gasteiger partial charge in [-0.05, 0) is 25.1 Å². The standard InChI is InChI=1S/C14H18N2O2/c1-14(2)9-15-8-7-12(14)18-13-16-10-5-3-4-6-11(10)17-13/h3-6,12,15H,7-9H2,1-2H3. The minimum Gasteiger partial charge on any atom is -0.446 e. The first-order valence-electron chi connectivity index (χ1n) is 6.38. The van der Waals surface area contributed by atoms with E-state index in [0.717, 1.165) is 30.6 Å². The lowest BCUT2D eigenvalue weighted by Gasteiger charge is -2.37. The van der Waals surface area contributed by atoms with Gasteiger partial charge in [0.25, 0.3) is 0 Å². The molecule has 1 atom stereocenters. The Balaban J connectivity index is 1.83. The molecule has 0 radical (unpaired) electrons. The molecule has 1 aliphatic heterocycles. The van der Waals surface area contributed by atoms with Crippen LogP contribution in [0.1, 0.15) is 20.3 Å². The van der Waals surface area contributed by atoms with E-state index in [-0.39, 0.29) is 11.5 Å². The Morgan fingerprint density at radius 3 is 3.00 bits per heavy atom. The Bertz CT molecular complexity index is 514. The van der Waals surface area contributed by atoms with E-state index in [0.29, 0.717) is 6.08 Å². The zero-order valence-corrected chi connectivity index (χ0v) is 10.8. The predicted octanol–water partition coefficient (Wildman–Crippen LogP) is 2.59. The van der Waals surface area contributed by atoms with Crippen molar-refractivity contribution in [1.29, 1.82) is 0 Å². The van der Waals surface area contributed by atoms with Gasteiger partial charge in [-0.15, -0.1) is 0 Å². The molecule has 96 valence electrons. The molecular weight excluding hydrogens is 228 g/mol. The minimum absolute atomic E-state index is 0.0961. The second kappa shape index (κ2) is 4.28. The number of hydrogen-bond acceptors (Lipinski definition) is 4. The van der Waals surface area contributed by atoms with Gasteiger partial charge in [-0.25, -0.2) is 0 Å². The van der Waals surface area contributed by atoms with Gasteiger partial charge in [0.1, 0.15) is 11.6 Å². The molecule has 2 aromatic rings. The van der Waals surface area contributed by atoms with Gasteiger partial charge in [-0.2, -0.15) is 4.98 Å². The van der Waals surface area contributed by atoms with Gasteiger partial charge in [-0.3, -0.25) is 0 Å². The molecule has 1 aliphatic rings. The van der Waals surface area contributed by atoms with Crippen molar-refractivity contribution in [1.82, 2.24) is 10.3 Å². The number of piperidine rings is 1. The highest BCUT2D eigenvalue weighted by Crippen LogP contribution is 2.30. The molecule has 2 heterocycles. The van der Waals surface area contributed by atoms with Crippen LogP contribution in [0.15, 0.2) is 28.7 Å². The van der Waals surface area contributed by atoms with Crippen LogP contribution in [0.25, 0.3) is 11.1 Å². The summed E-state index contributed by atoms with van der Waals surface area (Å²) in [6, 6.07) is 7.72. The van der Waals surface area contributed by atoms with Crippen LogP contribution in [0, 0.1) is 5.41 Å². The summed E-state index contributed by atoms with van der Waals surface area (Å²) < 4.78 is 11.5. The topological polar surface area (TPSA) is 47.3 Å². The van der Waals surface area contributed by atoms with Gasteiger partial charge in [0.15, 0.2) is 5.58 Å². The van der Waals surface area contributed by atoms with Crippen LogP contribution in [-0.2, 0) is 0 Å². The lowest BCUT2D eigenvalue weighted by Crippen LogP contribution is -2.48. The third kappa shape index (κ3) is 2.08. The SMILES string of the molecule is CC1(C)CNCCC1Oc1nc2ccccc2o1. The maximum Gasteiger partial charge on any atom is 0.394 e. The first-order chi connectivity index (χ1) is 8.65. The van der Waals surface area contributed by atoms with Crippen LogP contribution >= 0.6 is 0 Å². The number of nitrogens with one attached hydrogen (secondary N) is 1. The lowest BCUT2D eigenvalue weighted by atomic mass is 9.82. The third-order valence-corrected chi connectivity index (χ3v) is 3.55. The highest BCUT2D eigenvalue weighted by Gasteiger charge is 2.34. The van der Waals surface area contributed by atoms with E-state index in [4.69, 9.17) is 9.15 Å². The summed E-state index contributed by atoms with van der Waals surface area (Å²) in [6.45, 7) is 6.34. The molecule has 1 saturated heterocycles. The van der Waals surface area contributed by atoms with Crippen LogP contribution in [0.4, 0.5) is 0 Å². The lowest BCUT2D eigenvalue weighted by molar-refractivity contribution is 0.0236. The van der Waals surface area contributed by atoms with Gasteiger partial charge in [0.05, 0.1) is 0 Å². The van der Waals surface area contributed by atoms with Crippen molar-refractivity contribution in [2.75, 3.05) is 13.1 Å². The molecule has 1 unspecified atom stereocenters. The zero-order chi connectivity index (χ0) is 12.6. The van der Waals surface area contributed by atoms with Crippen molar-refractivity contribution >= 4 is 11.1 Å². The molecule has 1 aromatic heterocycles. The summed E-state index contributed by atoms with van der Waals surface area (Å²) >= 11 is 0. The maximum absolute atomic E-state index is 5.94. The summed E-state index contributed by atoms with van der Waals surface area (Å²) in [5.41, 5.74) is 1.72. The number of para-hydroxylation sites is 2. The first kappa shape index (κ1) is 11.5. The van der Waals surface area contributed by atoms with Crippen molar-refractivity contribution in [3.8, 4) is 6.08 Å². The zero-order valence-electron chi connectivity index (χ0n) is 10.8. The van der Waals surface area contributed by atoms with E-state index < -0.39 is 0 Å². The fourth-order valence-electron chi connectivity index (χ4n) is 2.39. The average Bonchev–Trinajstić information content (AvgIpc) is 2.74. The minimum atomic E-state index is 0.0961. The van der Waals surface area contributed by atoms with Crippen molar-refractivity contribution in [2.24, 2.45) is 5.41 Å². The van der Waals surface area contributed by atoms with Gasteiger partial charge in [0.2, 0.25) is 0 Å². The number of nitrogens with zero attached hydrogens (tertiary/aromatic N) is 1. The Morgan fingerprint density at radius 1 is 1.39 bits per heavy atom. The van der Waals surface area contributed by atoms with Crippen LogP contribution in [-0.4, -0.2) is 24.2 Å². The Kier molecular flexibility index (Phi) is 2.74.